The van der Waals surface area contributed by atoms with Gasteiger partial charge in [0.2, 0.25) is 0 Å². The number of Topliss-reactive ketones (excluding diaryl/α,β-unsaturated/α-hetero) is 1. The van der Waals surface area contributed by atoms with E-state index < -0.39 is 29.5 Å². The number of carboxylic acid groups (broad SMARTS) is 1. The Morgan fingerprint density at radius 2 is 2.00 bits per heavy atom. The molecule has 1 aliphatic heterocycles. The minimum atomic E-state index is -0.921. The molecule has 1 fully saturated rings. The number of hydrogen-bond donors (Lipinski definition) is 2. The van der Waals surface area contributed by atoms with Gasteiger partial charge in [-0.1, -0.05) is 6.92 Å². The van der Waals surface area contributed by atoms with Gasteiger partial charge in [-0.25, -0.2) is 9.18 Å². The van der Waals surface area contributed by atoms with Crippen LogP contribution in [0.15, 0.2) is 18.2 Å². The Labute approximate surface area is 133 Å². The van der Waals surface area contributed by atoms with E-state index >= 15 is 0 Å². The van der Waals surface area contributed by atoms with Gasteiger partial charge in [-0.05, 0) is 37.5 Å². The van der Waals surface area contributed by atoms with E-state index in [2.05, 4.69) is 5.32 Å². The molecule has 0 spiro atoms. The zero-order valence-electron chi connectivity index (χ0n) is 13.0. The van der Waals surface area contributed by atoms with Crippen LogP contribution in [0.2, 0.25) is 0 Å². The minimum Gasteiger partial charge on any atom is -0.481 e. The van der Waals surface area contributed by atoms with Gasteiger partial charge in [-0.15, -0.1) is 0 Å². The van der Waals surface area contributed by atoms with E-state index in [1.54, 1.807) is 0 Å². The molecule has 2 rings (SSSR count). The van der Waals surface area contributed by atoms with Gasteiger partial charge in [0.1, 0.15) is 5.82 Å². The normalized spacial score (nSPS) is 20.9. The molecule has 7 heteroatoms. The maximum absolute atomic E-state index is 13.5. The van der Waals surface area contributed by atoms with Crippen LogP contribution in [-0.4, -0.2) is 40.9 Å². The highest BCUT2D eigenvalue weighted by Crippen LogP contribution is 2.23. The first kappa shape index (κ1) is 16.9. The van der Waals surface area contributed by atoms with Gasteiger partial charge in [-0.3, -0.25) is 9.59 Å². The van der Waals surface area contributed by atoms with Gasteiger partial charge in [0.15, 0.2) is 5.78 Å². The number of carbonyl (C=O) groups is 3. The number of nitrogens with zero attached hydrogens (tertiary/aromatic N) is 1. The molecule has 0 radical (unpaired) electrons. The lowest BCUT2D eigenvalue weighted by Crippen LogP contribution is -2.47. The van der Waals surface area contributed by atoms with Crippen LogP contribution in [0.4, 0.5) is 14.9 Å². The maximum Gasteiger partial charge on any atom is 0.321 e. The van der Waals surface area contributed by atoms with Crippen molar-refractivity contribution in [3.63, 3.8) is 0 Å². The van der Waals surface area contributed by atoms with Crippen LogP contribution in [0, 0.1) is 17.7 Å². The Kier molecular flexibility index (Phi) is 4.98. The van der Waals surface area contributed by atoms with Crippen LogP contribution in [0.25, 0.3) is 0 Å². The topological polar surface area (TPSA) is 86.7 Å². The first-order valence-electron chi connectivity index (χ1n) is 7.37. The number of halogens is 1. The van der Waals surface area contributed by atoms with Gasteiger partial charge >= 0.3 is 12.0 Å². The Morgan fingerprint density at radius 3 is 2.61 bits per heavy atom. The lowest BCUT2D eigenvalue weighted by Gasteiger charge is -2.34. The van der Waals surface area contributed by atoms with Crippen LogP contribution in [-0.2, 0) is 4.79 Å². The molecule has 2 unspecified atom stereocenters. The molecular weight excluding hydrogens is 303 g/mol. The van der Waals surface area contributed by atoms with Crippen molar-refractivity contribution in [2.45, 2.75) is 20.3 Å². The zero-order valence-corrected chi connectivity index (χ0v) is 13.0. The number of anilines is 1. The second-order valence-corrected chi connectivity index (χ2v) is 5.96. The molecule has 124 valence electrons. The SMILES string of the molecule is CC(=O)c1cc(NC(=O)N2CC(C)CC(C(=O)O)C2)ccc1F. The number of benzene rings is 1. The van der Waals surface area contributed by atoms with Crippen LogP contribution >= 0.6 is 0 Å². The number of amides is 2. The molecule has 23 heavy (non-hydrogen) atoms. The molecule has 1 aliphatic rings. The molecule has 2 atom stereocenters. The summed E-state index contributed by atoms with van der Waals surface area (Å²) in [4.78, 5) is 36.2. The molecule has 1 aromatic carbocycles. The Morgan fingerprint density at radius 1 is 1.30 bits per heavy atom. The van der Waals surface area contributed by atoms with Gasteiger partial charge in [0.25, 0.3) is 0 Å². The predicted octanol–water partition coefficient (Wildman–Crippen LogP) is 2.60. The van der Waals surface area contributed by atoms with Crippen molar-refractivity contribution in [1.82, 2.24) is 4.90 Å². The maximum atomic E-state index is 13.5. The molecule has 0 aliphatic carbocycles. The van der Waals surface area contributed by atoms with Gasteiger partial charge in [-0.2, -0.15) is 0 Å². The van der Waals surface area contributed by atoms with E-state index in [0.717, 1.165) is 6.07 Å². The third-order valence-corrected chi connectivity index (χ3v) is 3.89. The number of aliphatic carboxylic acids is 1. The predicted molar refractivity (Wildman–Crippen MR) is 81.9 cm³/mol. The number of carbonyl (C=O) groups excluding carboxylic acids is 2. The Balaban J connectivity index is 2.11. The van der Waals surface area contributed by atoms with E-state index in [1.807, 2.05) is 6.92 Å². The van der Waals surface area contributed by atoms with Crippen LogP contribution in [0.5, 0.6) is 0 Å². The summed E-state index contributed by atoms with van der Waals surface area (Å²) in [6, 6.07) is 3.30. The van der Waals surface area contributed by atoms with E-state index in [4.69, 9.17) is 5.11 Å². The average Bonchev–Trinajstić information content (AvgIpc) is 2.48. The van der Waals surface area contributed by atoms with E-state index in [-0.39, 0.29) is 18.0 Å². The average molecular weight is 322 g/mol. The second-order valence-electron chi connectivity index (χ2n) is 5.96. The van der Waals surface area contributed by atoms with Crippen molar-refractivity contribution in [3.8, 4) is 0 Å². The van der Waals surface area contributed by atoms with Gasteiger partial charge < -0.3 is 15.3 Å². The summed E-state index contributed by atoms with van der Waals surface area (Å²) in [6.07, 6.45) is 0.532. The molecule has 2 amide bonds. The first-order chi connectivity index (χ1) is 10.8. The molecule has 0 bridgehead atoms. The highest BCUT2D eigenvalue weighted by Gasteiger charge is 2.31. The lowest BCUT2D eigenvalue weighted by molar-refractivity contribution is -0.143. The number of ketones is 1. The van der Waals surface area contributed by atoms with Gasteiger partial charge in [0.05, 0.1) is 11.5 Å². The van der Waals surface area contributed by atoms with Crippen LogP contribution in [0.1, 0.15) is 30.6 Å². The fraction of sp³-hybridized carbons (Fsp3) is 0.438. The van der Waals surface area contributed by atoms with Crippen molar-refractivity contribution in [2.75, 3.05) is 18.4 Å². The lowest BCUT2D eigenvalue weighted by atomic mass is 9.91. The van der Waals surface area contributed by atoms with Crippen LogP contribution in [0.3, 0.4) is 0 Å². The highest BCUT2D eigenvalue weighted by atomic mass is 19.1. The number of piperidine rings is 1. The van der Waals surface area contributed by atoms with Crippen molar-refractivity contribution in [2.24, 2.45) is 11.8 Å². The molecule has 1 saturated heterocycles. The summed E-state index contributed by atoms with van der Waals surface area (Å²) >= 11 is 0. The molecule has 0 aromatic heterocycles. The van der Waals surface area contributed by atoms with E-state index in [9.17, 15) is 18.8 Å². The summed E-state index contributed by atoms with van der Waals surface area (Å²) in [6.45, 7) is 3.72. The monoisotopic (exact) mass is 322 g/mol. The van der Waals surface area contributed by atoms with E-state index in [0.29, 0.717) is 18.7 Å². The Hall–Kier alpha value is -2.44. The number of urea groups is 1. The van der Waals surface area contributed by atoms with Crippen molar-refractivity contribution < 1.29 is 23.9 Å². The number of hydrogen-bond acceptors (Lipinski definition) is 3. The summed E-state index contributed by atoms with van der Waals surface area (Å²) in [5, 5.41) is 11.7. The number of nitrogens with one attached hydrogen (secondary N) is 1. The summed E-state index contributed by atoms with van der Waals surface area (Å²) < 4.78 is 13.5. The quantitative estimate of drug-likeness (QED) is 0.838. The number of carboxylic acids is 1. The summed E-state index contributed by atoms with van der Waals surface area (Å²) in [5.41, 5.74) is 0.199. The molecular formula is C16H19FN2O4. The van der Waals surface area contributed by atoms with E-state index in [1.165, 1.54) is 24.0 Å². The standard InChI is InChI=1S/C16H19FN2O4/c1-9-5-11(15(21)22)8-19(7-9)16(23)18-12-3-4-14(17)13(6-12)10(2)20/h3-4,6,9,11H,5,7-8H2,1-2H3,(H,18,23)(H,21,22). The fourth-order valence-electron chi connectivity index (χ4n) is 2.77. The minimum absolute atomic E-state index is 0.0802. The largest absolute Gasteiger partial charge is 0.481 e. The van der Waals surface area contributed by atoms with Crippen molar-refractivity contribution >= 4 is 23.5 Å². The molecule has 1 aromatic rings. The summed E-state index contributed by atoms with van der Waals surface area (Å²) in [7, 11) is 0. The van der Waals surface area contributed by atoms with Crippen molar-refractivity contribution in [3.05, 3.63) is 29.6 Å². The van der Waals surface area contributed by atoms with Crippen molar-refractivity contribution in [1.29, 1.82) is 0 Å². The third-order valence-electron chi connectivity index (χ3n) is 3.89. The Bertz CT molecular complexity index is 647. The van der Waals surface area contributed by atoms with Gasteiger partial charge in [0, 0.05) is 18.8 Å². The molecule has 1 heterocycles. The molecule has 6 nitrogen and oxygen atoms in total. The summed E-state index contributed by atoms with van der Waals surface area (Å²) in [5.74, 6) is -2.51. The van der Waals surface area contributed by atoms with Crippen LogP contribution < -0.4 is 5.32 Å². The molecule has 2 N–H and O–H groups in total. The fourth-order valence-corrected chi connectivity index (χ4v) is 2.77. The number of rotatable bonds is 3. The number of likely N-dealkylation sites (tertiary alicyclic amines) is 1. The zero-order chi connectivity index (χ0) is 17.1. The first-order valence-corrected chi connectivity index (χ1v) is 7.37. The highest BCUT2D eigenvalue weighted by molar-refractivity contribution is 5.97. The second kappa shape index (κ2) is 6.76. The smallest absolute Gasteiger partial charge is 0.321 e. The third kappa shape index (κ3) is 4.06. The molecule has 0 saturated carbocycles.